The van der Waals surface area contributed by atoms with Gasteiger partial charge in [-0.2, -0.15) is 0 Å². The van der Waals surface area contributed by atoms with E-state index >= 15 is 0 Å². The molecule has 0 amide bonds. The minimum Gasteiger partial charge on any atom is -0.370 e. The highest BCUT2D eigenvalue weighted by molar-refractivity contribution is 5.84. The highest BCUT2D eigenvalue weighted by Crippen LogP contribution is 2.37. The molecule has 10 heavy (non-hydrogen) atoms. The fraction of sp³-hybridized carbons (Fsp3) is 0.875. The van der Waals surface area contributed by atoms with Crippen molar-refractivity contribution in [3.8, 4) is 0 Å². The van der Waals surface area contributed by atoms with E-state index in [1.165, 1.54) is 0 Å². The number of rotatable bonds is 0. The van der Waals surface area contributed by atoms with Crippen molar-refractivity contribution >= 4 is 5.78 Å². The predicted molar refractivity (Wildman–Crippen MR) is 36.6 cm³/mol. The van der Waals surface area contributed by atoms with Gasteiger partial charge in [-0.1, -0.05) is 6.92 Å². The third kappa shape index (κ3) is 0.788. The Balaban J connectivity index is 2.12. The topological polar surface area (TPSA) is 26.3 Å². The molecule has 2 aliphatic rings. The number of fused-ring (bicyclic) bond motifs is 1. The lowest BCUT2D eigenvalue weighted by molar-refractivity contribution is -0.120. The second-order valence-electron chi connectivity index (χ2n) is 3.50. The summed E-state index contributed by atoms with van der Waals surface area (Å²) in [7, 11) is 0. The highest BCUT2D eigenvalue weighted by atomic mass is 16.5. The Hall–Kier alpha value is -0.370. The molecule has 3 atom stereocenters. The molecule has 0 aromatic heterocycles. The van der Waals surface area contributed by atoms with Crippen molar-refractivity contribution in [2.45, 2.75) is 25.9 Å². The van der Waals surface area contributed by atoms with Crippen molar-refractivity contribution in [1.29, 1.82) is 0 Å². The monoisotopic (exact) mass is 140 g/mol. The first-order valence-electron chi connectivity index (χ1n) is 3.91. The fourth-order valence-electron chi connectivity index (χ4n) is 2.06. The van der Waals surface area contributed by atoms with Gasteiger partial charge in [-0.3, -0.25) is 4.79 Å². The van der Waals surface area contributed by atoms with Gasteiger partial charge in [0.25, 0.3) is 0 Å². The van der Waals surface area contributed by atoms with E-state index in [1.54, 1.807) is 0 Å². The molecule has 0 spiro atoms. The maximum atomic E-state index is 11.1. The molecule has 2 rings (SSSR count). The Morgan fingerprint density at radius 1 is 1.50 bits per heavy atom. The first-order valence-corrected chi connectivity index (χ1v) is 3.91. The Morgan fingerprint density at radius 3 is 3.00 bits per heavy atom. The molecule has 1 saturated carbocycles. The normalized spacial score (nSPS) is 46.1. The zero-order valence-electron chi connectivity index (χ0n) is 6.17. The van der Waals surface area contributed by atoms with Crippen LogP contribution in [-0.2, 0) is 9.53 Å². The molecule has 0 aromatic rings. The Morgan fingerprint density at radius 2 is 2.30 bits per heavy atom. The van der Waals surface area contributed by atoms with Gasteiger partial charge in [0, 0.05) is 5.92 Å². The van der Waals surface area contributed by atoms with E-state index in [4.69, 9.17) is 4.74 Å². The highest BCUT2D eigenvalue weighted by Gasteiger charge is 2.42. The van der Waals surface area contributed by atoms with E-state index in [-0.39, 0.29) is 12.0 Å². The standard InChI is InChI=1S/C8H12O2/c1-5-2-6-7(9)4-10-8(6)3-5/h5-6,8H,2-4H2,1H3. The Kier molecular flexibility index (Phi) is 1.31. The maximum Gasteiger partial charge on any atom is 0.164 e. The van der Waals surface area contributed by atoms with Crippen LogP contribution in [0.1, 0.15) is 19.8 Å². The number of Topliss-reactive ketones (excluding diaryl/α,β-unsaturated/α-hetero) is 1. The van der Waals surface area contributed by atoms with Crippen molar-refractivity contribution in [3.05, 3.63) is 0 Å². The van der Waals surface area contributed by atoms with Crippen molar-refractivity contribution in [1.82, 2.24) is 0 Å². The Bertz CT molecular complexity index is 165. The second kappa shape index (κ2) is 2.06. The van der Waals surface area contributed by atoms with Gasteiger partial charge in [0.2, 0.25) is 0 Å². The average molecular weight is 140 g/mol. The summed E-state index contributed by atoms with van der Waals surface area (Å²) in [5.74, 6) is 1.28. The molecule has 1 aliphatic heterocycles. The van der Waals surface area contributed by atoms with E-state index < -0.39 is 0 Å². The molecule has 1 saturated heterocycles. The van der Waals surface area contributed by atoms with Crippen molar-refractivity contribution in [3.63, 3.8) is 0 Å². The maximum absolute atomic E-state index is 11.1. The molecule has 1 heterocycles. The van der Waals surface area contributed by atoms with Gasteiger partial charge in [0.1, 0.15) is 6.61 Å². The van der Waals surface area contributed by atoms with Crippen molar-refractivity contribution < 1.29 is 9.53 Å². The van der Waals surface area contributed by atoms with Crippen LogP contribution >= 0.6 is 0 Å². The number of ketones is 1. The molecule has 2 heteroatoms. The predicted octanol–water partition coefficient (Wildman–Crippen LogP) is 1.00. The first kappa shape index (κ1) is 6.35. The van der Waals surface area contributed by atoms with Crippen LogP contribution in [0.5, 0.6) is 0 Å². The van der Waals surface area contributed by atoms with Crippen LogP contribution in [0.3, 0.4) is 0 Å². The zero-order chi connectivity index (χ0) is 7.14. The van der Waals surface area contributed by atoms with Gasteiger partial charge in [-0.05, 0) is 18.8 Å². The third-order valence-corrected chi connectivity index (χ3v) is 2.59. The number of ether oxygens (including phenoxy) is 1. The van der Waals surface area contributed by atoms with Gasteiger partial charge in [0.15, 0.2) is 5.78 Å². The van der Waals surface area contributed by atoms with Crippen molar-refractivity contribution in [2.75, 3.05) is 6.61 Å². The third-order valence-electron chi connectivity index (χ3n) is 2.59. The van der Waals surface area contributed by atoms with E-state index in [2.05, 4.69) is 6.92 Å². The lowest BCUT2D eigenvalue weighted by atomic mass is 10.0. The summed E-state index contributed by atoms with van der Waals surface area (Å²) in [6, 6.07) is 0. The van der Waals surface area contributed by atoms with Gasteiger partial charge >= 0.3 is 0 Å². The van der Waals surface area contributed by atoms with Crippen LogP contribution in [0, 0.1) is 11.8 Å². The van der Waals surface area contributed by atoms with Crippen LogP contribution in [0.2, 0.25) is 0 Å². The molecule has 2 fully saturated rings. The molecule has 0 bridgehead atoms. The number of carbonyl (C=O) groups excluding carboxylic acids is 1. The van der Waals surface area contributed by atoms with E-state index in [0.717, 1.165) is 12.8 Å². The minimum absolute atomic E-state index is 0.259. The van der Waals surface area contributed by atoms with Gasteiger partial charge in [-0.25, -0.2) is 0 Å². The van der Waals surface area contributed by atoms with E-state index in [0.29, 0.717) is 18.3 Å². The summed E-state index contributed by atoms with van der Waals surface area (Å²) in [5.41, 5.74) is 0. The Labute approximate surface area is 60.6 Å². The van der Waals surface area contributed by atoms with E-state index in [9.17, 15) is 4.79 Å². The fourth-order valence-corrected chi connectivity index (χ4v) is 2.06. The molecule has 2 nitrogen and oxygen atoms in total. The summed E-state index contributed by atoms with van der Waals surface area (Å²) in [6.07, 6.45) is 2.43. The number of hydrogen-bond acceptors (Lipinski definition) is 2. The smallest absolute Gasteiger partial charge is 0.164 e. The van der Waals surface area contributed by atoms with Crippen LogP contribution < -0.4 is 0 Å². The second-order valence-corrected chi connectivity index (χ2v) is 3.50. The summed E-state index contributed by atoms with van der Waals surface area (Å²) in [5, 5.41) is 0. The molecular weight excluding hydrogens is 128 g/mol. The van der Waals surface area contributed by atoms with Crippen molar-refractivity contribution in [2.24, 2.45) is 11.8 Å². The summed E-state index contributed by atoms with van der Waals surface area (Å²) in [6.45, 7) is 2.57. The quantitative estimate of drug-likeness (QED) is 0.501. The van der Waals surface area contributed by atoms with Gasteiger partial charge in [-0.15, -0.1) is 0 Å². The number of carbonyl (C=O) groups is 1. The first-order chi connectivity index (χ1) is 4.77. The largest absolute Gasteiger partial charge is 0.370 e. The molecule has 3 unspecified atom stereocenters. The van der Waals surface area contributed by atoms with Crippen LogP contribution in [-0.4, -0.2) is 18.5 Å². The summed E-state index contributed by atoms with van der Waals surface area (Å²) < 4.78 is 5.31. The summed E-state index contributed by atoms with van der Waals surface area (Å²) in [4.78, 5) is 11.1. The van der Waals surface area contributed by atoms with Gasteiger partial charge < -0.3 is 4.74 Å². The lowest BCUT2D eigenvalue weighted by Crippen LogP contribution is -2.12. The van der Waals surface area contributed by atoms with Gasteiger partial charge in [0.05, 0.1) is 6.10 Å². The van der Waals surface area contributed by atoms with E-state index in [1.807, 2.05) is 0 Å². The number of hydrogen-bond donors (Lipinski definition) is 0. The summed E-state index contributed by atoms with van der Waals surface area (Å²) >= 11 is 0. The molecule has 0 N–H and O–H groups in total. The van der Waals surface area contributed by atoms with Crippen LogP contribution in [0.15, 0.2) is 0 Å². The molecule has 0 radical (unpaired) electrons. The minimum atomic E-state index is 0.259. The average Bonchev–Trinajstić information content (AvgIpc) is 2.35. The SMILES string of the molecule is CC1CC2OCC(=O)C2C1. The molecule has 0 aromatic carbocycles. The van der Waals surface area contributed by atoms with Crippen LogP contribution in [0.4, 0.5) is 0 Å². The molecule has 1 aliphatic carbocycles. The molecular formula is C8H12O2. The zero-order valence-corrected chi connectivity index (χ0v) is 6.17. The van der Waals surface area contributed by atoms with Crippen LogP contribution in [0.25, 0.3) is 0 Å². The lowest BCUT2D eigenvalue weighted by Gasteiger charge is -2.02. The molecule has 56 valence electrons.